The van der Waals surface area contributed by atoms with Gasteiger partial charge in [0.1, 0.15) is 6.61 Å². The molecule has 0 fully saturated rings. The van der Waals surface area contributed by atoms with Crippen molar-refractivity contribution < 1.29 is 9.53 Å². The third-order valence-corrected chi connectivity index (χ3v) is 1.79. The lowest BCUT2D eigenvalue weighted by Gasteiger charge is -2.11. The van der Waals surface area contributed by atoms with Crippen molar-refractivity contribution in [3.63, 3.8) is 0 Å². The average Bonchev–Trinajstić information content (AvgIpc) is 2.15. The van der Waals surface area contributed by atoms with Crippen molar-refractivity contribution in [2.45, 2.75) is 13.3 Å². The fraction of sp³-hybridized carbons (Fsp3) is 0.700. The summed E-state index contributed by atoms with van der Waals surface area (Å²) in [6.45, 7) is 3.35. The molecular weight excluding hydrogens is 180 g/mol. The second kappa shape index (κ2) is 7.53. The number of allylic oxidation sites excluding steroid dienone is 1. The van der Waals surface area contributed by atoms with Crippen LogP contribution < -0.4 is 5.73 Å². The summed E-state index contributed by atoms with van der Waals surface area (Å²) in [6, 6.07) is 0. The first-order valence-electron chi connectivity index (χ1n) is 4.79. The van der Waals surface area contributed by atoms with Gasteiger partial charge in [0.15, 0.2) is 0 Å². The molecule has 0 aliphatic carbocycles. The predicted octanol–water partition coefficient (Wildman–Crippen LogP) is 0.386. The van der Waals surface area contributed by atoms with Crippen molar-refractivity contribution in [1.29, 1.82) is 0 Å². The monoisotopic (exact) mass is 200 g/mol. The zero-order valence-electron chi connectivity index (χ0n) is 9.25. The molecule has 0 amide bonds. The van der Waals surface area contributed by atoms with E-state index in [0.717, 1.165) is 6.54 Å². The summed E-state index contributed by atoms with van der Waals surface area (Å²) in [6.07, 6.45) is 2.51. The lowest BCUT2D eigenvalue weighted by molar-refractivity contribution is -0.138. The van der Waals surface area contributed by atoms with Crippen LogP contribution in [0.4, 0.5) is 0 Å². The predicted molar refractivity (Wildman–Crippen MR) is 56.9 cm³/mol. The first kappa shape index (κ1) is 13.1. The number of hydrogen-bond acceptors (Lipinski definition) is 4. The molecule has 2 N–H and O–H groups in total. The van der Waals surface area contributed by atoms with Crippen LogP contribution in [0.2, 0.25) is 0 Å². The van der Waals surface area contributed by atoms with Crippen LogP contribution in [0.25, 0.3) is 0 Å². The quantitative estimate of drug-likeness (QED) is 0.497. The number of carbonyl (C=O) groups excluding carboxylic acids is 1. The number of carbonyl (C=O) groups is 1. The molecule has 14 heavy (non-hydrogen) atoms. The van der Waals surface area contributed by atoms with Crippen LogP contribution in [-0.2, 0) is 9.53 Å². The normalized spacial score (nSPS) is 11.9. The van der Waals surface area contributed by atoms with E-state index in [1.807, 2.05) is 25.9 Å². The van der Waals surface area contributed by atoms with Gasteiger partial charge in [0.05, 0.1) is 0 Å². The molecule has 0 atom stereocenters. The maximum atomic E-state index is 11.4. The summed E-state index contributed by atoms with van der Waals surface area (Å²) < 4.78 is 4.93. The van der Waals surface area contributed by atoms with Gasteiger partial charge in [-0.15, -0.1) is 0 Å². The van der Waals surface area contributed by atoms with Crippen LogP contribution in [0.5, 0.6) is 0 Å². The lowest BCUT2D eigenvalue weighted by Crippen LogP contribution is -2.19. The third-order valence-electron chi connectivity index (χ3n) is 1.79. The van der Waals surface area contributed by atoms with Gasteiger partial charge >= 0.3 is 5.97 Å². The molecule has 0 aromatic carbocycles. The van der Waals surface area contributed by atoms with Crippen molar-refractivity contribution in [1.82, 2.24) is 4.90 Å². The van der Waals surface area contributed by atoms with Crippen molar-refractivity contribution in [3.05, 3.63) is 11.6 Å². The molecular formula is C10H20N2O2. The number of nitrogens with two attached hydrogens (primary N) is 1. The zero-order valence-corrected chi connectivity index (χ0v) is 9.25. The van der Waals surface area contributed by atoms with E-state index in [0.29, 0.717) is 18.5 Å². The van der Waals surface area contributed by atoms with E-state index in [-0.39, 0.29) is 12.6 Å². The van der Waals surface area contributed by atoms with E-state index in [4.69, 9.17) is 10.5 Å². The number of hydrogen-bond donors (Lipinski definition) is 1. The van der Waals surface area contributed by atoms with E-state index >= 15 is 0 Å². The molecule has 82 valence electrons. The summed E-state index contributed by atoms with van der Waals surface area (Å²) in [7, 11) is 3.94. The molecule has 0 unspecified atom stereocenters. The van der Waals surface area contributed by atoms with Crippen LogP contribution in [0.3, 0.4) is 0 Å². The third kappa shape index (κ3) is 5.72. The molecule has 4 heteroatoms. The zero-order chi connectivity index (χ0) is 11.0. The second-order valence-electron chi connectivity index (χ2n) is 3.29. The van der Waals surface area contributed by atoms with Crippen LogP contribution in [0.1, 0.15) is 13.3 Å². The van der Waals surface area contributed by atoms with Gasteiger partial charge in [-0.1, -0.05) is 6.08 Å². The number of ether oxygens (including phenoxy) is 1. The molecule has 0 saturated heterocycles. The molecule has 0 spiro atoms. The maximum absolute atomic E-state index is 11.4. The first-order valence-corrected chi connectivity index (χ1v) is 4.79. The smallest absolute Gasteiger partial charge is 0.333 e. The van der Waals surface area contributed by atoms with Gasteiger partial charge in [-0.25, -0.2) is 4.79 Å². The van der Waals surface area contributed by atoms with E-state index in [1.54, 1.807) is 6.08 Å². The summed E-state index contributed by atoms with van der Waals surface area (Å²) in [5, 5.41) is 0. The Morgan fingerprint density at radius 3 is 2.57 bits per heavy atom. The van der Waals surface area contributed by atoms with Gasteiger partial charge in [-0.2, -0.15) is 0 Å². The van der Waals surface area contributed by atoms with E-state index in [9.17, 15) is 4.79 Å². The fourth-order valence-corrected chi connectivity index (χ4v) is 0.953. The molecule has 0 aliphatic rings. The minimum atomic E-state index is -0.250. The van der Waals surface area contributed by atoms with E-state index < -0.39 is 0 Å². The molecule has 0 aromatic heterocycles. The Kier molecular flexibility index (Phi) is 7.06. The van der Waals surface area contributed by atoms with Gasteiger partial charge in [0.2, 0.25) is 0 Å². The minimum absolute atomic E-state index is 0.250. The van der Waals surface area contributed by atoms with Crippen LogP contribution in [0, 0.1) is 0 Å². The van der Waals surface area contributed by atoms with Gasteiger partial charge in [0, 0.05) is 18.7 Å². The highest BCUT2D eigenvalue weighted by Crippen LogP contribution is 2.04. The Hall–Kier alpha value is -0.870. The topological polar surface area (TPSA) is 55.6 Å². The lowest BCUT2D eigenvalue weighted by atomic mass is 10.2. The van der Waals surface area contributed by atoms with Gasteiger partial charge in [-0.3, -0.25) is 0 Å². The van der Waals surface area contributed by atoms with Gasteiger partial charge < -0.3 is 15.4 Å². The average molecular weight is 200 g/mol. The molecule has 4 nitrogen and oxygen atoms in total. The second-order valence-corrected chi connectivity index (χ2v) is 3.29. The maximum Gasteiger partial charge on any atom is 0.333 e. The Morgan fingerprint density at radius 2 is 2.14 bits per heavy atom. The summed E-state index contributed by atoms with van der Waals surface area (Å²) in [5.41, 5.74) is 5.95. The molecule has 0 aliphatic heterocycles. The van der Waals surface area contributed by atoms with Crippen LogP contribution in [0.15, 0.2) is 11.6 Å². The summed E-state index contributed by atoms with van der Waals surface area (Å²) in [5.74, 6) is -0.250. The van der Waals surface area contributed by atoms with Crippen molar-refractivity contribution in [3.8, 4) is 0 Å². The first-order chi connectivity index (χ1) is 6.61. The van der Waals surface area contributed by atoms with E-state index in [1.165, 1.54) is 0 Å². The van der Waals surface area contributed by atoms with Crippen LogP contribution >= 0.6 is 0 Å². The Bertz CT molecular complexity index is 200. The molecule has 0 radical (unpaired) electrons. The summed E-state index contributed by atoms with van der Waals surface area (Å²) >= 11 is 0. The highest BCUT2D eigenvalue weighted by atomic mass is 16.5. The van der Waals surface area contributed by atoms with Crippen molar-refractivity contribution in [2.75, 3.05) is 33.8 Å². The molecule has 0 bridgehead atoms. The number of esters is 1. The highest BCUT2D eigenvalue weighted by molar-refractivity contribution is 5.88. The fourth-order valence-electron chi connectivity index (χ4n) is 0.953. The minimum Gasteiger partial charge on any atom is -0.461 e. The highest BCUT2D eigenvalue weighted by Gasteiger charge is 2.09. The number of rotatable bonds is 6. The van der Waals surface area contributed by atoms with Crippen molar-refractivity contribution in [2.24, 2.45) is 5.73 Å². The van der Waals surface area contributed by atoms with E-state index in [2.05, 4.69) is 0 Å². The molecule has 0 aromatic rings. The van der Waals surface area contributed by atoms with Gasteiger partial charge in [0.25, 0.3) is 0 Å². The standard InChI is InChI=1S/C10H20N2O2/c1-4-9(5-7-12(2)3)10(13)14-8-6-11/h4H,5-8,11H2,1-3H3. The van der Waals surface area contributed by atoms with Crippen molar-refractivity contribution >= 4 is 5.97 Å². The molecule has 0 heterocycles. The summed E-state index contributed by atoms with van der Waals surface area (Å²) in [4.78, 5) is 13.4. The Balaban J connectivity index is 3.95. The van der Waals surface area contributed by atoms with Gasteiger partial charge in [-0.05, 0) is 27.4 Å². The Labute approximate surface area is 85.7 Å². The number of nitrogens with zero attached hydrogens (tertiary/aromatic N) is 1. The molecule has 0 rings (SSSR count). The van der Waals surface area contributed by atoms with Crippen LogP contribution in [-0.4, -0.2) is 44.7 Å². The SMILES string of the molecule is CC=C(CCN(C)C)C(=O)OCCN. The molecule has 0 saturated carbocycles. The Morgan fingerprint density at radius 1 is 1.50 bits per heavy atom. The largest absolute Gasteiger partial charge is 0.461 e.